The van der Waals surface area contributed by atoms with E-state index in [0.29, 0.717) is 0 Å². The SMILES string of the molecule is CCCCCCCCc1cccc(C)c1-c1ncccn1. The van der Waals surface area contributed by atoms with E-state index in [1.54, 1.807) is 0 Å². The Morgan fingerprint density at radius 1 is 0.857 bits per heavy atom. The van der Waals surface area contributed by atoms with Crippen molar-refractivity contribution >= 4 is 0 Å². The van der Waals surface area contributed by atoms with Crippen LogP contribution in [0.3, 0.4) is 0 Å². The Morgan fingerprint density at radius 3 is 2.33 bits per heavy atom. The van der Waals surface area contributed by atoms with Gasteiger partial charge in [-0.25, -0.2) is 9.97 Å². The second-order valence-electron chi connectivity index (χ2n) is 5.70. The molecule has 0 saturated heterocycles. The first-order valence-electron chi connectivity index (χ1n) is 8.18. The molecule has 0 unspecified atom stereocenters. The Hall–Kier alpha value is -1.70. The fourth-order valence-corrected chi connectivity index (χ4v) is 2.78. The smallest absolute Gasteiger partial charge is 0.159 e. The van der Waals surface area contributed by atoms with E-state index in [2.05, 4.69) is 42.0 Å². The van der Waals surface area contributed by atoms with Crippen molar-refractivity contribution in [3.8, 4) is 11.4 Å². The van der Waals surface area contributed by atoms with Crippen LogP contribution in [0.5, 0.6) is 0 Å². The lowest BCUT2D eigenvalue weighted by Gasteiger charge is -2.11. The van der Waals surface area contributed by atoms with Crippen LogP contribution in [-0.4, -0.2) is 9.97 Å². The van der Waals surface area contributed by atoms with Gasteiger partial charge in [-0.2, -0.15) is 0 Å². The van der Waals surface area contributed by atoms with Gasteiger partial charge in [0, 0.05) is 18.0 Å². The number of hydrogen-bond donors (Lipinski definition) is 0. The van der Waals surface area contributed by atoms with Gasteiger partial charge >= 0.3 is 0 Å². The number of rotatable bonds is 8. The van der Waals surface area contributed by atoms with Gasteiger partial charge in [0.1, 0.15) is 0 Å². The second-order valence-corrected chi connectivity index (χ2v) is 5.70. The van der Waals surface area contributed by atoms with Gasteiger partial charge in [0.15, 0.2) is 5.82 Å². The summed E-state index contributed by atoms with van der Waals surface area (Å²) in [6, 6.07) is 8.39. The molecule has 1 aromatic carbocycles. The standard InChI is InChI=1S/C19H26N2/c1-3-4-5-6-7-8-12-17-13-9-11-16(2)18(17)19-20-14-10-15-21-19/h9-11,13-15H,3-8,12H2,1-2H3. The topological polar surface area (TPSA) is 25.8 Å². The van der Waals surface area contributed by atoms with Crippen LogP contribution in [0.25, 0.3) is 11.4 Å². The number of hydrogen-bond acceptors (Lipinski definition) is 2. The van der Waals surface area contributed by atoms with E-state index >= 15 is 0 Å². The summed E-state index contributed by atoms with van der Waals surface area (Å²) in [4.78, 5) is 8.86. The summed E-state index contributed by atoms with van der Waals surface area (Å²) in [6.45, 7) is 4.41. The summed E-state index contributed by atoms with van der Waals surface area (Å²) < 4.78 is 0. The van der Waals surface area contributed by atoms with E-state index in [4.69, 9.17) is 0 Å². The largest absolute Gasteiger partial charge is 0.237 e. The van der Waals surface area contributed by atoms with Gasteiger partial charge in [-0.1, -0.05) is 57.2 Å². The number of aromatic nitrogens is 2. The molecule has 0 saturated carbocycles. The molecule has 1 aromatic heterocycles. The summed E-state index contributed by atoms with van der Waals surface area (Å²) in [5, 5.41) is 0. The van der Waals surface area contributed by atoms with Crippen LogP contribution in [0.2, 0.25) is 0 Å². The summed E-state index contributed by atoms with van der Waals surface area (Å²) in [5.41, 5.74) is 3.88. The van der Waals surface area contributed by atoms with Crippen molar-refractivity contribution < 1.29 is 0 Å². The van der Waals surface area contributed by atoms with Crippen LogP contribution in [0.15, 0.2) is 36.7 Å². The molecule has 0 atom stereocenters. The third kappa shape index (κ3) is 4.66. The molecule has 1 heterocycles. The maximum atomic E-state index is 4.43. The van der Waals surface area contributed by atoms with E-state index in [0.717, 1.165) is 12.2 Å². The molecule has 2 nitrogen and oxygen atoms in total. The van der Waals surface area contributed by atoms with Crippen LogP contribution in [0, 0.1) is 6.92 Å². The van der Waals surface area contributed by atoms with Crippen LogP contribution < -0.4 is 0 Å². The maximum absolute atomic E-state index is 4.43. The molecule has 2 rings (SSSR count). The van der Waals surface area contributed by atoms with Crippen molar-refractivity contribution in [1.82, 2.24) is 9.97 Å². The van der Waals surface area contributed by atoms with Crippen molar-refractivity contribution in [3.63, 3.8) is 0 Å². The summed E-state index contributed by atoms with van der Waals surface area (Å²) in [7, 11) is 0. The molecule has 21 heavy (non-hydrogen) atoms. The minimum Gasteiger partial charge on any atom is -0.237 e. The van der Waals surface area contributed by atoms with E-state index < -0.39 is 0 Å². The summed E-state index contributed by atoms with van der Waals surface area (Å²) in [6.07, 6.45) is 12.8. The lowest BCUT2D eigenvalue weighted by molar-refractivity contribution is 0.607. The highest BCUT2D eigenvalue weighted by Gasteiger charge is 2.09. The second kappa shape index (κ2) is 8.56. The first-order chi connectivity index (χ1) is 10.3. The van der Waals surface area contributed by atoms with Crippen LogP contribution in [0.1, 0.15) is 56.6 Å². The molecule has 0 spiro atoms. The lowest BCUT2D eigenvalue weighted by Crippen LogP contribution is -1.97. The quantitative estimate of drug-likeness (QED) is 0.609. The molecule has 112 valence electrons. The van der Waals surface area contributed by atoms with Crippen molar-refractivity contribution in [1.29, 1.82) is 0 Å². The highest BCUT2D eigenvalue weighted by molar-refractivity contribution is 5.64. The first kappa shape index (κ1) is 15.7. The molecule has 0 radical (unpaired) electrons. The first-order valence-corrected chi connectivity index (χ1v) is 8.18. The third-order valence-electron chi connectivity index (χ3n) is 3.95. The van der Waals surface area contributed by atoms with Gasteiger partial charge in [-0.05, 0) is 37.0 Å². The number of benzene rings is 1. The molecule has 0 N–H and O–H groups in total. The van der Waals surface area contributed by atoms with Gasteiger partial charge in [0.05, 0.1) is 0 Å². The Morgan fingerprint density at radius 2 is 1.57 bits per heavy atom. The van der Waals surface area contributed by atoms with Crippen LogP contribution in [-0.2, 0) is 6.42 Å². The van der Waals surface area contributed by atoms with Crippen molar-refractivity contribution in [3.05, 3.63) is 47.8 Å². The summed E-state index contributed by atoms with van der Waals surface area (Å²) >= 11 is 0. The molecule has 0 fully saturated rings. The van der Waals surface area contributed by atoms with Crippen molar-refractivity contribution in [2.45, 2.75) is 58.8 Å². The molecular formula is C19H26N2. The van der Waals surface area contributed by atoms with Gasteiger partial charge in [0.25, 0.3) is 0 Å². The van der Waals surface area contributed by atoms with Crippen LogP contribution >= 0.6 is 0 Å². The normalized spacial score (nSPS) is 10.8. The average Bonchev–Trinajstić information content (AvgIpc) is 2.52. The van der Waals surface area contributed by atoms with Crippen molar-refractivity contribution in [2.75, 3.05) is 0 Å². The van der Waals surface area contributed by atoms with Gasteiger partial charge in [-0.3, -0.25) is 0 Å². The molecule has 2 aromatic rings. The van der Waals surface area contributed by atoms with E-state index in [-0.39, 0.29) is 0 Å². The fraction of sp³-hybridized carbons (Fsp3) is 0.474. The number of unbranched alkanes of at least 4 members (excludes halogenated alkanes) is 5. The highest BCUT2D eigenvalue weighted by atomic mass is 14.9. The van der Waals surface area contributed by atoms with E-state index in [9.17, 15) is 0 Å². The average molecular weight is 282 g/mol. The maximum Gasteiger partial charge on any atom is 0.159 e. The fourth-order valence-electron chi connectivity index (χ4n) is 2.78. The van der Waals surface area contributed by atoms with Crippen LogP contribution in [0.4, 0.5) is 0 Å². The van der Waals surface area contributed by atoms with Crippen molar-refractivity contribution in [2.24, 2.45) is 0 Å². The van der Waals surface area contributed by atoms with Gasteiger partial charge in [-0.15, -0.1) is 0 Å². The van der Waals surface area contributed by atoms with Gasteiger partial charge in [0.2, 0.25) is 0 Å². The van der Waals surface area contributed by atoms with Gasteiger partial charge < -0.3 is 0 Å². The van der Waals surface area contributed by atoms with E-state index in [1.165, 1.54) is 55.2 Å². The monoisotopic (exact) mass is 282 g/mol. The summed E-state index contributed by atoms with van der Waals surface area (Å²) in [5.74, 6) is 0.858. The zero-order valence-corrected chi connectivity index (χ0v) is 13.3. The third-order valence-corrected chi connectivity index (χ3v) is 3.95. The molecular weight excluding hydrogens is 256 g/mol. The predicted octanol–water partition coefficient (Wildman–Crippen LogP) is 5.36. The Bertz CT molecular complexity index is 535. The highest BCUT2D eigenvalue weighted by Crippen LogP contribution is 2.25. The minimum absolute atomic E-state index is 0.858. The van der Waals surface area contributed by atoms with E-state index in [1.807, 2.05) is 18.5 Å². The Kier molecular flexibility index (Phi) is 6.39. The molecule has 0 aliphatic carbocycles. The zero-order chi connectivity index (χ0) is 14.9. The lowest BCUT2D eigenvalue weighted by atomic mass is 9.96. The minimum atomic E-state index is 0.858. The molecule has 0 bridgehead atoms. The molecule has 0 aliphatic rings. The molecule has 2 heteroatoms. The predicted molar refractivity (Wildman–Crippen MR) is 89.3 cm³/mol. The Balaban J connectivity index is 2.01. The Labute approximate surface area is 128 Å². The number of nitrogens with zero attached hydrogens (tertiary/aromatic N) is 2. The molecule has 0 amide bonds. The zero-order valence-electron chi connectivity index (χ0n) is 13.3. The number of aryl methyl sites for hydroxylation is 2. The molecule has 0 aliphatic heterocycles.